The van der Waals surface area contributed by atoms with Gasteiger partial charge in [0.25, 0.3) is 5.91 Å². The molecule has 1 fully saturated rings. The number of fused-ring (bicyclic) bond motifs is 2. The highest BCUT2D eigenvalue weighted by atomic mass is 35.5. The molecule has 3 heterocycles. The molecule has 0 bridgehead atoms. The molecule has 1 aromatic heterocycles. The van der Waals surface area contributed by atoms with Gasteiger partial charge in [-0.2, -0.15) is 9.97 Å². The molecule has 8 nitrogen and oxygen atoms in total. The molecule has 2 atom stereocenters. The molecule has 2 aliphatic rings. The second kappa shape index (κ2) is 12.6. The maximum absolute atomic E-state index is 14.4. The predicted octanol–water partition coefficient (Wildman–Crippen LogP) is 5.68. The molecule has 2 aliphatic heterocycles. The van der Waals surface area contributed by atoms with Gasteiger partial charge >= 0.3 is 6.01 Å². The number of nitrogens with zero attached hydrogens (tertiary/aromatic N) is 6. The van der Waals surface area contributed by atoms with Crippen molar-refractivity contribution in [3.63, 3.8) is 0 Å². The van der Waals surface area contributed by atoms with E-state index in [-0.39, 0.29) is 50.4 Å². The van der Waals surface area contributed by atoms with E-state index in [2.05, 4.69) is 21.4 Å². The molecule has 0 saturated carbocycles. The van der Waals surface area contributed by atoms with E-state index in [0.717, 1.165) is 16.6 Å². The number of benzene rings is 2. The maximum Gasteiger partial charge on any atom is 0.318 e. The van der Waals surface area contributed by atoms with Gasteiger partial charge in [0.15, 0.2) is 5.83 Å². The highest BCUT2D eigenvalue weighted by Crippen LogP contribution is 2.38. The zero-order chi connectivity index (χ0) is 30.8. The van der Waals surface area contributed by atoms with Crippen molar-refractivity contribution in [1.29, 1.82) is 0 Å². The van der Waals surface area contributed by atoms with Gasteiger partial charge in [0.05, 0.1) is 29.8 Å². The third-order valence-corrected chi connectivity index (χ3v) is 8.13. The molecule has 13 heteroatoms. The van der Waals surface area contributed by atoms with Gasteiger partial charge in [0, 0.05) is 42.8 Å². The van der Waals surface area contributed by atoms with E-state index in [9.17, 15) is 22.4 Å². The Morgan fingerprint density at radius 3 is 2.72 bits per heavy atom. The third kappa shape index (κ3) is 6.18. The number of carbonyl (C=O) groups is 1. The molecule has 1 saturated heterocycles. The van der Waals surface area contributed by atoms with Crippen LogP contribution in [0.4, 0.5) is 29.1 Å². The summed E-state index contributed by atoms with van der Waals surface area (Å²) >= 11 is 6.40. The van der Waals surface area contributed by atoms with E-state index in [0.29, 0.717) is 29.9 Å². The predicted molar refractivity (Wildman–Crippen MR) is 156 cm³/mol. The van der Waals surface area contributed by atoms with Gasteiger partial charge in [-0.3, -0.25) is 4.79 Å². The van der Waals surface area contributed by atoms with Crippen molar-refractivity contribution >= 4 is 39.8 Å². The van der Waals surface area contributed by atoms with Crippen molar-refractivity contribution in [2.45, 2.75) is 32.4 Å². The van der Waals surface area contributed by atoms with E-state index < -0.39 is 35.9 Å². The Labute approximate surface area is 251 Å². The van der Waals surface area contributed by atoms with Crippen molar-refractivity contribution in [1.82, 2.24) is 14.9 Å². The second-order valence-corrected chi connectivity index (χ2v) is 11.0. The Bertz CT molecular complexity index is 1600. The quantitative estimate of drug-likeness (QED) is 0.184. The van der Waals surface area contributed by atoms with Gasteiger partial charge in [-0.05, 0) is 23.9 Å². The summed E-state index contributed by atoms with van der Waals surface area (Å²) in [6.07, 6.45) is -2.11. The van der Waals surface area contributed by atoms with Gasteiger partial charge in [-0.1, -0.05) is 43.3 Å². The monoisotopic (exact) mass is 616 g/mol. The Balaban J connectivity index is 1.51. The second-order valence-electron chi connectivity index (χ2n) is 10.6. The fourth-order valence-corrected chi connectivity index (χ4v) is 5.75. The zero-order valence-corrected chi connectivity index (χ0v) is 24.1. The van der Waals surface area contributed by atoms with Gasteiger partial charge in [0.2, 0.25) is 13.0 Å². The van der Waals surface area contributed by atoms with Gasteiger partial charge < -0.3 is 24.3 Å². The number of rotatable bonds is 8. The lowest BCUT2D eigenvalue weighted by Gasteiger charge is -2.41. The first kappa shape index (κ1) is 30.4. The number of ether oxygens (including phenoxy) is 1. The summed E-state index contributed by atoms with van der Waals surface area (Å²) in [5.41, 5.74) is 2.12. The molecule has 0 radical (unpaired) electrons. The summed E-state index contributed by atoms with van der Waals surface area (Å²) in [6, 6.07) is 7.85. The van der Waals surface area contributed by atoms with Crippen molar-refractivity contribution in [3.05, 3.63) is 76.3 Å². The smallest absolute Gasteiger partial charge is 0.318 e. The molecular formula is C30H29ClF4N6O2. The number of aromatic nitrogens is 2. The molecule has 226 valence electrons. The van der Waals surface area contributed by atoms with E-state index in [4.69, 9.17) is 22.9 Å². The maximum atomic E-state index is 14.4. The zero-order valence-electron chi connectivity index (χ0n) is 23.4. The Hall–Kier alpha value is -4.11. The molecule has 1 unspecified atom stereocenters. The summed E-state index contributed by atoms with van der Waals surface area (Å²) in [4.78, 5) is 30.3. The largest absolute Gasteiger partial charge is 0.463 e. The first-order valence-corrected chi connectivity index (χ1v) is 14.1. The number of piperazine rings is 1. The minimum absolute atomic E-state index is 0.0153. The Kier molecular flexibility index (Phi) is 8.92. The fourth-order valence-electron chi connectivity index (χ4n) is 5.49. The Morgan fingerprint density at radius 2 is 2.00 bits per heavy atom. The average Bonchev–Trinajstić information content (AvgIpc) is 3.00. The van der Waals surface area contributed by atoms with Crippen molar-refractivity contribution in [2.24, 2.45) is 5.92 Å². The molecule has 0 N–H and O–H groups in total. The van der Waals surface area contributed by atoms with Gasteiger partial charge in [-0.15, -0.1) is 0 Å². The SMILES string of the molecule is [C-]#[N+]C[C@H]1CN(c2nc(OCC(C)C(F)F)nc3c2CCN(c2cccc4ccc(F)c(Cl)c24)C3)CCN1C(=O)C(=C)F. The van der Waals surface area contributed by atoms with Gasteiger partial charge in [-0.25, -0.2) is 24.1 Å². The number of hydrogen-bond acceptors (Lipinski definition) is 6. The minimum Gasteiger partial charge on any atom is -0.463 e. The van der Waals surface area contributed by atoms with Crippen molar-refractivity contribution in [3.8, 4) is 6.01 Å². The summed E-state index contributed by atoms with van der Waals surface area (Å²) in [6.45, 7) is 12.9. The highest BCUT2D eigenvalue weighted by molar-refractivity contribution is 6.36. The van der Waals surface area contributed by atoms with Crippen LogP contribution < -0.4 is 14.5 Å². The summed E-state index contributed by atoms with van der Waals surface area (Å²) in [5, 5.41) is 1.36. The first-order valence-electron chi connectivity index (χ1n) is 13.7. The molecule has 43 heavy (non-hydrogen) atoms. The number of hydrogen-bond donors (Lipinski definition) is 0. The van der Waals surface area contributed by atoms with Crippen LogP contribution in [0.15, 0.2) is 42.7 Å². The number of halogens is 5. The van der Waals surface area contributed by atoms with Crippen LogP contribution in [0.25, 0.3) is 15.6 Å². The van der Waals surface area contributed by atoms with Crippen LogP contribution in [0.2, 0.25) is 5.02 Å². The first-order chi connectivity index (χ1) is 20.6. The van der Waals surface area contributed by atoms with Crippen molar-refractivity contribution < 1.29 is 27.1 Å². The molecule has 1 amide bonds. The average molecular weight is 617 g/mol. The minimum atomic E-state index is -2.59. The third-order valence-electron chi connectivity index (χ3n) is 7.76. The fraction of sp³-hybridized carbons (Fsp3) is 0.400. The number of carbonyl (C=O) groups excluding carboxylic acids is 1. The summed E-state index contributed by atoms with van der Waals surface area (Å²) in [7, 11) is 0. The van der Waals surface area contributed by atoms with Crippen LogP contribution in [-0.4, -0.2) is 72.6 Å². The lowest BCUT2D eigenvalue weighted by Crippen LogP contribution is -2.57. The number of amides is 1. The Morgan fingerprint density at radius 1 is 1.21 bits per heavy atom. The van der Waals surface area contributed by atoms with Gasteiger partial charge in [0.1, 0.15) is 17.7 Å². The lowest BCUT2D eigenvalue weighted by atomic mass is 10.0. The number of anilines is 2. The van der Waals surface area contributed by atoms with Crippen LogP contribution in [0, 0.1) is 18.3 Å². The molecular weight excluding hydrogens is 588 g/mol. The van der Waals surface area contributed by atoms with Crippen LogP contribution in [0.3, 0.4) is 0 Å². The van der Waals surface area contributed by atoms with E-state index in [1.165, 1.54) is 17.9 Å². The van der Waals surface area contributed by atoms with E-state index >= 15 is 0 Å². The molecule has 5 rings (SSSR count). The normalized spacial score (nSPS) is 17.5. The van der Waals surface area contributed by atoms with E-state index in [1.54, 1.807) is 6.07 Å². The van der Waals surface area contributed by atoms with Crippen LogP contribution in [0.5, 0.6) is 6.01 Å². The molecule has 3 aromatic rings. The van der Waals surface area contributed by atoms with Crippen LogP contribution in [-0.2, 0) is 17.8 Å². The standard InChI is InChI=1S/C30H29ClF4N6O2/c1-17(27(34)35)16-43-30-37-23-15-39(24-6-4-5-19-7-8-22(33)26(31)25(19)24)10-9-21(23)28(38-30)40-11-12-41(29(42)18(2)32)20(14-40)13-36-3/h4-8,17,20,27H,2,9-16H2,1H3/t17?,20-/m0/s1. The summed E-state index contributed by atoms with van der Waals surface area (Å²) < 4.78 is 60.2. The molecule has 2 aromatic carbocycles. The van der Waals surface area contributed by atoms with Crippen LogP contribution >= 0.6 is 11.6 Å². The molecule has 0 aliphatic carbocycles. The van der Waals surface area contributed by atoms with E-state index in [1.807, 2.05) is 28.0 Å². The van der Waals surface area contributed by atoms with Crippen LogP contribution in [0.1, 0.15) is 18.2 Å². The lowest BCUT2D eigenvalue weighted by molar-refractivity contribution is -0.131. The highest BCUT2D eigenvalue weighted by Gasteiger charge is 2.36. The summed E-state index contributed by atoms with van der Waals surface area (Å²) in [5.74, 6) is -3.04. The molecule has 0 spiro atoms. The topological polar surface area (TPSA) is 66.2 Å². The van der Waals surface area contributed by atoms with Crippen molar-refractivity contribution in [2.75, 3.05) is 49.1 Å². The number of alkyl halides is 2.